The van der Waals surface area contributed by atoms with Gasteiger partial charge >= 0.3 is 6.18 Å². The fraction of sp³-hybridized carbons (Fsp3) is 0.458. The Hall–Kier alpha value is -3.14. The summed E-state index contributed by atoms with van der Waals surface area (Å²) in [5.41, 5.74) is -0.693. The van der Waals surface area contributed by atoms with Crippen molar-refractivity contribution in [3.05, 3.63) is 59.4 Å². The van der Waals surface area contributed by atoms with Gasteiger partial charge in [0.05, 0.1) is 23.9 Å². The van der Waals surface area contributed by atoms with E-state index in [0.29, 0.717) is 31.5 Å². The predicted octanol–water partition coefficient (Wildman–Crippen LogP) is 2.48. The molecule has 7 nitrogen and oxygen atoms in total. The Morgan fingerprint density at radius 1 is 1.06 bits per heavy atom. The standard InChI is InChI=1S/C24H25F3N4O3/c1-29-11-3-5-16(29)13-31-12-4-10-23(22(31)34)18-17(20(32)30(2)21(18)33)19(28-23)14-6-8-15(9-7-14)24(25,26)27/h3,5-9,11,17-19,28H,4,10,12-13H2,1-2H3/t17-,18-,19-,23-/m1/s1. The molecule has 0 saturated carbocycles. The topological polar surface area (TPSA) is 74.7 Å². The first-order valence-corrected chi connectivity index (χ1v) is 11.2. The predicted molar refractivity (Wildman–Crippen MR) is 115 cm³/mol. The summed E-state index contributed by atoms with van der Waals surface area (Å²) in [7, 11) is 3.29. The third-order valence-corrected chi connectivity index (χ3v) is 7.54. The van der Waals surface area contributed by atoms with Gasteiger partial charge in [-0.15, -0.1) is 0 Å². The number of carbonyl (C=O) groups is 3. The molecule has 3 amide bonds. The molecule has 3 aliphatic rings. The van der Waals surface area contributed by atoms with Gasteiger partial charge in [0, 0.05) is 38.6 Å². The first-order valence-electron chi connectivity index (χ1n) is 11.2. The van der Waals surface area contributed by atoms with Crippen LogP contribution in [0.5, 0.6) is 0 Å². The summed E-state index contributed by atoms with van der Waals surface area (Å²) >= 11 is 0. The van der Waals surface area contributed by atoms with Crippen LogP contribution in [0.15, 0.2) is 42.6 Å². The summed E-state index contributed by atoms with van der Waals surface area (Å²) in [6.45, 7) is 0.889. The number of nitrogens with one attached hydrogen (secondary N) is 1. The molecule has 5 rings (SSSR count). The zero-order chi connectivity index (χ0) is 24.4. The molecule has 4 heterocycles. The third kappa shape index (κ3) is 3.26. The number of aryl methyl sites for hydroxylation is 1. The molecule has 0 radical (unpaired) electrons. The van der Waals surface area contributed by atoms with Gasteiger partial charge in [-0.2, -0.15) is 13.2 Å². The van der Waals surface area contributed by atoms with E-state index in [0.717, 1.165) is 22.7 Å². The molecule has 180 valence electrons. The Kier molecular flexibility index (Phi) is 5.12. The van der Waals surface area contributed by atoms with E-state index >= 15 is 0 Å². The van der Waals surface area contributed by atoms with Gasteiger partial charge in [0.1, 0.15) is 5.54 Å². The maximum absolute atomic E-state index is 13.9. The van der Waals surface area contributed by atoms with E-state index in [1.54, 1.807) is 4.90 Å². The maximum Gasteiger partial charge on any atom is 0.416 e. The van der Waals surface area contributed by atoms with Gasteiger partial charge in [-0.05, 0) is 42.7 Å². The van der Waals surface area contributed by atoms with Crippen molar-refractivity contribution in [1.82, 2.24) is 19.7 Å². The minimum absolute atomic E-state index is 0.249. The van der Waals surface area contributed by atoms with Crippen LogP contribution in [0.4, 0.5) is 13.2 Å². The molecule has 1 spiro atoms. The molecule has 0 unspecified atom stereocenters. The van der Waals surface area contributed by atoms with Crippen LogP contribution in [0.1, 0.15) is 35.7 Å². The molecule has 1 N–H and O–H groups in total. The van der Waals surface area contributed by atoms with Crippen molar-refractivity contribution in [2.24, 2.45) is 18.9 Å². The minimum atomic E-state index is -4.48. The highest BCUT2D eigenvalue weighted by molar-refractivity contribution is 6.10. The largest absolute Gasteiger partial charge is 0.416 e. The van der Waals surface area contributed by atoms with Gasteiger partial charge < -0.3 is 9.47 Å². The van der Waals surface area contributed by atoms with Crippen molar-refractivity contribution in [2.45, 2.75) is 37.1 Å². The molecule has 0 aliphatic carbocycles. The monoisotopic (exact) mass is 474 g/mol. The number of benzene rings is 1. The minimum Gasteiger partial charge on any atom is -0.353 e. The van der Waals surface area contributed by atoms with Crippen molar-refractivity contribution in [2.75, 3.05) is 13.6 Å². The fourth-order valence-corrected chi connectivity index (χ4v) is 5.79. The second-order valence-electron chi connectivity index (χ2n) is 9.39. The molecule has 2 aromatic rings. The molecule has 10 heteroatoms. The summed E-state index contributed by atoms with van der Waals surface area (Å²) in [5.74, 6) is -2.85. The quantitative estimate of drug-likeness (QED) is 0.694. The van der Waals surface area contributed by atoms with E-state index < -0.39 is 47.0 Å². The molecule has 3 saturated heterocycles. The number of hydrogen-bond acceptors (Lipinski definition) is 4. The molecule has 1 aromatic carbocycles. The third-order valence-electron chi connectivity index (χ3n) is 7.54. The molecule has 3 fully saturated rings. The number of fused-ring (bicyclic) bond motifs is 2. The van der Waals surface area contributed by atoms with E-state index in [9.17, 15) is 27.6 Å². The van der Waals surface area contributed by atoms with Crippen molar-refractivity contribution >= 4 is 17.7 Å². The van der Waals surface area contributed by atoms with Crippen LogP contribution in [-0.4, -0.2) is 51.2 Å². The van der Waals surface area contributed by atoms with Crippen LogP contribution in [-0.2, 0) is 34.2 Å². The van der Waals surface area contributed by atoms with Crippen molar-refractivity contribution in [3.8, 4) is 0 Å². The molecule has 1 aromatic heterocycles. The number of imide groups is 1. The van der Waals surface area contributed by atoms with Crippen LogP contribution < -0.4 is 5.32 Å². The number of nitrogens with zero attached hydrogens (tertiary/aromatic N) is 3. The number of halogens is 3. The lowest BCUT2D eigenvalue weighted by Crippen LogP contribution is -2.63. The van der Waals surface area contributed by atoms with Gasteiger partial charge in [0.25, 0.3) is 0 Å². The van der Waals surface area contributed by atoms with Gasteiger partial charge in [-0.1, -0.05) is 12.1 Å². The van der Waals surface area contributed by atoms with Crippen molar-refractivity contribution in [3.63, 3.8) is 0 Å². The molecular weight excluding hydrogens is 449 g/mol. The van der Waals surface area contributed by atoms with E-state index in [1.165, 1.54) is 19.2 Å². The first kappa shape index (κ1) is 22.6. The Labute approximate surface area is 194 Å². The van der Waals surface area contributed by atoms with Gasteiger partial charge in [0.2, 0.25) is 17.7 Å². The van der Waals surface area contributed by atoms with Gasteiger partial charge in [0.15, 0.2) is 0 Å². The lowest BCUT2D eigenvalue weighted by molar-refractivity contribution is -0.149. The van der Waals surface area contributed by atoms with Crippen LogP contribution in [0.3, 0.4) is 0 Å². The number of amides is 3. The van der Waals surface area contributed by atoms with Crippen LogP contribution in [0.25, 0.3) is 0 Å². The molecule has 4 atom stereocenters. The Balaban J connectivity index is 1.52. The molecule has 3 aliphatic heterocycles. The van der Waals surface area contributed by atoms with Crippen LogP contribution in [0.2, 0.25) is 0 Å². The molecule has 34 heavy (non-hydrogen) atoms. The molecule has 0 bridgehead atoms. The summed E-state index contributed by atoms with van der Waals surface area (Å²) in [4.78, 5) is 42.9. The Bertz CT molecular complexity index is 1160. The number of piperidine rings is 1. The number of likely N-dealkylation sites (tertiary alicyclic amines) is 2. The average molecular weight is 474 g/mol. The average Bonchev–Trinajstić information content (AvgIpc) is 3.42. The van der Waals surface area contributed by atoms with Crippen molar-refractivity contribution < 1.29 is 27.6 Å². The van der Waals surface area contributed by atoms with E-state index in [1.807, 2.05) is 29.9 Å². The highest BCUT2D eigenvalue weighted by Gasteiger charge is 2.68. The fourth-order valence-electron chi connectivity index (χ4n) is 5.79. The SMILES string of the molecule is CN1C(=O)[C@H]2[C@@H](c3ccc(C(F)(F)F)cc3)N[C@]3(CCCN(Cc4cccn4C)C3=O)[C@H]2C1=O. The highest BCUT2D eigenvalue weighted by atomic mass is 19.4. The lowest BCUT2D eigenvalue weighted by Gasteiger charge is -2.42. The number of hydrogen-bond donors (Lipinski definition) is 1. The van der Waals surface area contributed by atoms with Crippen molar-refractivity contribution in [1.29, 1.82) is 0 Å². The van der Waals surface area contributed by atoms with E-state index in [4.69, 9.17) is 0 Å². The summed E-state index contributed by atoms with van der Waals surface area (Å²) in [5, 5.41) is 3.29. The summed E-state index contributed by atoms with van der Waals surface area (Å²) < 4.78 is 41.1. The number of carbonyl (C=O) groups excluding carboxylic acids is 3. The zero-order valence-electron chi connectivity index (χ0n) is 18.8. The maximum atomic E-state index is 13.9. The Morgan fingerprint density at radius 3 is 2.38 bits per heavy atom. The van der Waals surface area contributed by atoms with Crippen LogP contribution in [0, 0.1) is 11.8 Å². The lowest BCUT2D eigenvalue weighted by atomic mass is 9.74. The number of rotatable bonds is 3. The summed E-state index contributed by atoms with van der Waals surface area (Å²) in [6, 6.07) is 7.63. The van der Waals surface area contributed by atoms with E-state index in [2.05, 4.69) is 5.32 Å². The van der Waals surface area contributed by atoms with Gasteiger partial charge in [-0.3, -0.25) is 24.6 Å². The smallest absolute Gasteiger partial charge is 0.353 e. The zero-order valence-corrected chi connectivity index (χ0v) is 18.8. The second-order valence-corrected chi connectivity index (χ2v) is 9.39. The van der Waals surface area contributed by atoms with Crippen LogP contribution >= 0.6 is 0 Å². The number of alkyl halides is 3. The first-order chi connectivity index (χ1) is 16.0. The Morgan fingerprint density at radius 2 is 1.76 bits per heavy atom. The highest BCUT2D eigenvalue weighted by Crippen LogP contribution is 2.51. The molecular formula is C24H25F3N4O3. The normalized spacial score (nSPS) is 29.4. The second kappa shape index (κ2) is 7.69. The summed E-state index contributed by atoms with van der Waals surface area (Å²) in [6.07, 6.45) is -1.59. The van der Waals surface area contributed by atoms with Gasteiger partial charge in [-0.25, -0.2) is 0 Å². The van der Waals surface area contributed by atoms with E-state index in [-0.39, 0.29) is 5.91 Å². The number of aromatic nitrogens is 1.